The highest BCUT2D eigenvalue weighted by Crippen LogP contribution is 2.38. The van der Waals surface area contributed by atoms with Gasteiger partial charge in [0.05, 0.1) is 11.4 Å². The van der Waals surface area contributed by atoms with Crippen LogP contribution in [0.1, 0.15) is 11.3 Å². The molecule has 1 rings (SSSR count). The van der Waals surface area contributed by atoms with Crippen molar-refractivity contribution in [3.63, 3.8) is 0 Å². The monoisotopic (exact) mass is 275 g/mol. The highest BCUT2D eigenvalue weighted by molar-refractivity contribution is 5.49. The van der Waals surface area contributed by atoms with Gasteiger partial charge in [0, 0.05) is 6.54 Å². The van der Waals surface area contributed by atoms with Gasteiger partial charge >= 0.3 is 12.5 Å². The number of nitrogen functional groups attached to an aromatic ring is 1. The first kappa shape index (κ1) is 14.4. The van der Waals surface area contributed by atoms with Gasteiger partial charge in [0.25, 0.3) is 0 Å². The van der Waals surface area contributed by atoms with Crippen LogP contribution in [0.15, 0.2) is 6.07 Å². The average molecular weight is 275 g/mol. The van der Waals surface area contributed by atoms with Gasteiger partial charge in [0.1, 0.15) is 5.56 Å². The number of anilines is 1. The molecular weight excluding hydrogens is 268 g/mol. The van der Waals surface area contributed by atoms with Crippen LogP contribution >= 0.6 is 0 Å². The van der Waals surface area contributed by atoms with E-state index in [4.69, 9.17) is 11.5 Å². The third-order valence-corrected chi connectivity index (χ3v) is 1.81. The van der Waals surface area contributed by atoms with E-state index in [-0.39, 0.29) is 5.69 Å². The quantitative estimate of drug-likeness (QED) is 0.810. The summed E-state index contributed by atoms with van der Waals surface area (Å²) in [6.45, 7) is -0.418. The van der Waals surface area contributed by atoms with Crippen molar-refractivity contribution in [2.45, 2.75) is 19.1 Å². The fraction of sp³-hybridized carbons (Fsp3) is 0.375. The molecular formula is C8H7F6N3O. The van der Waals surface area contributed by atoms with Crippen LogP contribution in [-0.2, 0) is 12.7 Å². The van der Waals surface area contributed by atoms with E-state index < -0.39 is 36.2 Å². The number of hydrogen-bond acceptors (Lipinski definition) is 4. The fourth-order valence-corrected chi connectivity index (χ4v) is 1.10. The predicted octanol–water partition coefficient (Wildman–Crippen LogP) is 2.04. The summed E-state index contributed by atoms with van der Waals surface area (Å²) in [6, 6.07) is 0.302. The third-order valence-electron chi connectivity index (χ3n) is 1.81. The Morgan fingerprint density at radius 1 is 1.17 bits per heavy atom. The summed E-state index contributed by atoms with van der Waals surface area (Å²) >= 11 is 0. The third kappa shape index (κ3) is 3.39. The molecule has 1 aromatic rings. The van der Waals surface area contributed by atoms with E-state index in [1.807, 2.05) is 0 Å². The molecule has 4 N–H and O–H groups in total. The number of nitrogens with two attached hydrogens (primary N) is 2. The molecule has 4 nitrogen and oxygen atoms in total. The SMILES string of the molecule is NCc1nc(OC(F)(F)F)c(C(F)(F)F)cc1N. The number of nitrogens with zero attached hydrogens (tertiary/aromatic N) is 1. The maximum absolute atomic E-state index is 12.5. The number of aromatic nitrogens is 1. The maximum Gasteiger partial charge on any atom is 0.574 e. The minimum Gasteiger partial charge on any atom is -0.397 e. The van der Waals surface area contributed by atoms with Crippen molar-refractivity contribution in [1.82, 2.24) is 4.98 Å². The van der Waals surface area contributed by atoms with Gasteiger partial charge in [-0.05, 0) is 6.07 Å². The summed E-state index contributed by atoms with van der Waals surface area (Å²) in [7, 11) is 0. The van der Waals surface area contributed by atoms with Crippen molar-refractivity contribution in [3.05, 3.63) is 17.3 Å². The molecule has 1 aromatic heterocycles. The second kappa shape index (κ2) is 4.52. The lowest BCUT2D eigenvalue weighted by Gasteiger charge is -2.16. The van der Waals surface area contributed by atoms with E-state index in [0.29, 0.717) is 6.07 Å². The van der Waals surface area contributed by atoms with Crippen molar-refractivity contribution < 1.29 is 31.1 Å². The van der Waals surface area contributed by atoms with E-state index in [1.165, 1.54) is 0 Å². The molecule has 0 aliphatic heterocycles. The summed E-state index contributed by atoms with van der Waals surface area (Å²) in [5, 5.41) is 0. The maximum atomic E-state index is 12.5. The summed E-state index contributed by atoms with van der Waals surface area (Å²) in [4.78, 5) is 3.03. The molecule has 0 spiro atoms. The number of halogens is 6. The first-order valence-corrected chi connectivity index (χ1v) is 4.37. The van der Waals surface area contributed by atoms with E-state index >= 15 is 0 Å². The normalized spacial score (nSPS) is 12.6. The highest BCUT2D eigenvalue weighted by Gasteiger charge is 2.41. The molecule has 0 atom stereocenters. The number of alkyl halides is 6. The van der Waals surface area contributed by atoms with Crippen molar-refractivity contribution in [1.29, 1.82) is 0 Å². The molecule has 18 heavy (non-hydrogen) atoms. The van der Waals surface area contributed by atoms with Crippen LogP contribution in [0.2, 0.25) is 0 Å². The highest BCUT2D eigenvalue weighted by atomic mass is 19.4. The molecule has 0 aliphatic carbocycles. The summed E-state index contributed by atoms with van der Waals surface area (Å²) in [6.07, 6.45) is -10.4. The van der Waals surface area contributed by atoms with Crippen LogP contribution in [0, 0.1) is 0 Å². The zero-order valence-electron chi connectivity index (χ0n) is 8.56. The number of ether oxygens (including phenoxy) is 1. The first-order chi connectivity index (χ1) is 8.04. The molecule has 0 saturated carbocycles. The zero-order chi connectivity index (χ0) is 14.1. The van der Waals surface area contributed by atoms with Crippen molar-refractivity contribution in [2.75, 3.05) is 5.73 Å². The first-order valence-electron chi connectivity index (χ1n) is 4.37. The Hall–Kier alpha value is -1.71. The van der Waals surface area contributed by atoms with Crippen LogP contribution in [0.4, 0.5) is 32.0 Å². The fourth-order valence-electron chi connectivity index (χ4n) is 1.10. The van der Waals surface area contributed by atoms with Gasteiger partial charge in [-0.2, -0.15) is 13.2 Å². The van der Waals surface area contributed by atoms with Gasteiger partial charge in [0.15, 0.2) is 0 Å². The lowest BCUT2D eigenvalue weighted by Crippen LogP contribution is -2.22. The van der Waals surface area contributed by atoms with Gasteiger partial charge < -0.3 is 16.2 Å². The van der Waals surface area contributed by atoms with Crippen LogP contribution in [0.5, 0.6) is 5.88 Å². The second-order valence-electron chi connectivity index (χ2n) is 3.13. The topological polar surface area (TPSA) is 74.2 Å². The Morgan fingerprint density at radius 2 is 1.72 bits per heavy atom. The van der Waals surface area contributed by atoms with Crippen molar-refractivity contribution in [2.24, 2.45) is 5.73 Å². The summed E-state index contributed by atoms with van der Waals surface area (Å²) < 4.78 is 76.5. The molecule has 0 aromatic carbocycles. The van der Waals surface area contributed by atoms with Crippen LogP contribution in [-0.4, -0.2) is 11.3 Å². The number of pyridine rings is 1. The van der Waals surface area contributed by atoms with Crippen LogP contribution in [0.3, 0.4) is 0 Å². The number of hydrogen-bond donors (Lipinski definition) is 2. The lowest BCUT2D eigenvalue weighted by atomic mass is 10.2. The van der Waals surface area contributed by atoms with E-state index in [0.717, 1.165) is 0 Å². The van der Waals surface area contributed by atoms with Crippen molar-refractivity contribution >= 4 is 5.69 Å². The van der Waals surface area contributed by atoms with E-state index in [2.05, 4.69) is 9.72 Å². The van der Waals surface area contributed by atoms with Gasteiger partial charge in [-0.1, -0.05) is 0 Å². The van der Waals surface area contributed by atoms with Crippen molar-refractivity contribution in [3.8, 4) is 5.88 Å². The Labute approximate surface area is 96.5 Å². The zero-order valence-corrected chi connectivity index (χ0v) is 8.56. The molecule has 1 heterocycles. The molecule has 0 unspecified atom stereocenters. The Kier molecular flexibility index (Phi) is 3.60. The predicted molar refractivity (Wildman–Crippen MR) is 48.2 cm³/mol. The Morgan fingerprint density at radius 3 is 2.11 bits per heavy atom. The van der Waals surface area contributed by atoms with E-state index in [1.54, 1.807) is 0 Å². The molecule has 102 valence electrons. The standard InChI is InChI=1S/C8H7F6N3O/c9-7(10,11)3-1-4(16)5(2-15)17-6(3)18-8(12,13)14/h1H,2,15-16H2. The van der Waals surface area contributed by atoms with Crippen LogP contribution < -0.4 is 16.2 Å². The minimum atomic E-state index is -5.30. The number of rotatable bonds is 2. The minimum absolute atomic E-state index is 0.302. The Bertz CT molecular complexity index is 442. The molecule has 0 radical (unpaired) electrons. The summed E-state index contributed by atoms with van der Waals surface area (Å²) in [5.41, 5.74) is 7.77. The van der Waals surface area contributed by atoms with Gasteiger partial charge in [-0.15, -0.1) is 13.2 Å². The summed E-state index contributed by atoms with van der Waals surface area (Å²) in [5.74, 6) is -1.62. The second-order valence-corrected chi connectivity index (χ2v) is 3.13. The molecule has 0 bridgehead atoms. The largest absolute Gasteiger partial charge is 0.574 e. The van der Waals surface area contributed by atoms with Gasteiger partial charge in [-0.3, -0.25) is 0 Å². The van der Waals surface area contributed by atoms with E-state index in [9.17, 15) is 26.3 Å². The molecule has 0 fully saturated rings. The molecule has 0 aliphatic rings. The smallest absolute Gasteiger partial charge is 0.397 e. The molecule has 0 amide bonds. The molecule has 0 saturated heterocycles. The Balaban J connectivity index is 3.35. The molecule has 10 heteroatoms. The van der Waals surface area contributed by atoms with Gasteiger partial charge in [0.2, 0.25) is 5.88 Å². The lowest BCUT2D eigenvalue weighted by molar-refractivity contribution is -0.277. The van der Waals surface area contributed by atoms with Crippen LogP contribution in [0.25, 0.3) is 0 Å². The van der Waals surface area contributed by atoms with Gasteiger partial charge in [-0.25, -0.2) is 4.98 Å². The average Bonchev–Trinajstić information content (AvgIpc) is 2.16.